The van der Waals surface area contributed by atoms with E-state index < -0.39 is 10.0 Å². The standard InChI is InChI=1S/C8H16N4O2S/c1-3-5-7-10-11-8(15(9,13)14)12(7)6-4-2/h3-6H2,1-2H3,(H2,9,13,14). The molecule has 15 heavy (non-hydrogen) atoms. The molecule has 0 aromatic carbocycles. The Hall–Kier alpha value is -0.950. The van der Waals surface area contributed by atoms with Gasteiger partial charge in [-0.1, -0.05) is 13.8 Å². The van der Waals surface area contributed by atoms with E-state index in [9.17, 15) is 8.42 Å². The third-order valence-corrected chi connectivity index (χ3v) is 2.78. The van der Waals surface area contributed by atoms with Crippen LogP contribution in [-0.2, 0) is 23.0 Å². The zero-order valence-corrected chi connectivity index (χ0v) is 9.79. The summed E-state index contributed by atoms with van der Waals surface area (Å²) in [5.41, 5.74) is 0. The number of rotatable bonds is 5. The molecule has 0 unspecified atom stereocenters. The number of primary sulfonamides is 1. The third kappa shape index (κ3) is 2.75. The Morgan fingerprint density at radius 2 is 1.93 bits per heavy atom. The Balaban J connectivity index is 3.17. The van der Waals surface area contributed by atoms with Crippen LogP contribution >= 0.6 is 0 Å². The largest absolute Gasteiger partial charge is 0.301 e. The van der Waals surface area contributed by atoms with E-state index in [1.165, 1.54) is 0 Å². The number of nitrogens with zero attached hydrogens (tertiary/aromatic N) is 3. The van der Waals surface area contributed by atoms with Crippen molar-refractivity contribution in [1.82, 2.24) is 14.8 Å². The van der Waals surface area contributed by atoms with Crippen LogP contribution in [0.3, 0.4) is 0 Å². The van der Waals surface area contributed by atoms with Crippen LogP contribution in [0.2, 0.25) is 0 Å². The molecule has 0 amide bonds. The van der Waals surface area contributed by atoms with Crippen molar-refractivity contribution in [3.63, 3.8) is 0 Å². The molecule has 1 aromatic rings. The van der Waals surface area contributed by atoms with Gasteiger partial charge in [-0.3, -0.25) is 0 Å². The quantitative estimate of drug-likeness (QED) is 0.789. The topological polar surface area (TPSA) is 90.9 Å². The molecule has 0 saturated carbocycles. The summed E-state index contributed by atoms with van der Waals surface area (Å²) < 4.78 is 24.0. The molecule has 0 fully saturated rings. The van der Waals surface area contributed by atoms with E-state index in [0.29, 0.717) is 18.8 Å². The Kier molecular flexibility index (Phi) is 3.81. The Morgan fingerprint density at radius 1 is 1.27 bits per heavy atom. The van der Waals surface area contributed by atoms with Crippen molar-refractivity contribution in [3.8, 4) is 0 Å². The lowest BCUT2D eigenvalue weighted by molar-refractivity contribution is 0.546. The van der Waals surface area contributed by atoms with Gasteiger partial charge in [0.15, 0.2) is 0 Å². The summed E-state index contributed by atoms with van der Waals surface area (Å²) in [6.07, 6.45) is 2.42. The molecule has 0 aliphatic rings. The first-order valence-electron chi connectivity index (χ1n) is 4.95. The van der Waals surface area contributed by atoms with Crippen LogP contribution < -0.4 is 5.14 Å². The van der Waals surface area contributed by atoms with E-state index in [-0.39, 0.29) is 5.16 Å². The maximum absolute atomic E-state index is 11.2. The van der Waals surface area contributed by atoms with Crippen molar-refractivity contribution in [2.75, 3.05) is 0 Å². The van der Waals surface area contributed by atoms with Crippen molar-refractivity contribution in [2.45, 2.75) is 44.8 Å². The first kappa shape index (κ1) is 12.1. The Morgan fingerprint density at radius 3 is 2.40 bits per heavy atom. The first-order chi connectivity index (χ1) is 7.00. The van der Waals surface area contributed by atoms with Gasteiger partial charge in [-0.05, 0) is 12.8 Å². The van der Waals surface area contributed by atoms with Gasteiger partial charge in [-0.2, -0.15) is 0 Å². The number of aromatic nitrogens is 3. The van der Waals surface area contributed by atoms with Crippen molar-refractivity contribution < 1.29 is 8.42 Å². The molecule has 7 heteroatoms. The minimum absolute atomic E-state index is 0.132. The number of nitrogens with two attached hydrogens (primary N) is 1. The van der Waals surface area contributed by atoms with Gasteiger partial charge >= 0.3 is 0 Å². The molecule has 86 valence electrons. The second kappa shape index (κ2) is 4.71. The lowest BCUT2D eigenvalue weighted by atomic mass is 10.3. The molecule has 1 rings (SSSR count). The number of hydrogen-bond acceptors (Lipinski definition) is 4. The lowest BCUT2D eigenvalue weighted by Gasteiger charge is -2.06. The van der Waals surface area contributed by atoms with Gasteiger partial charge in [-0.25, -0.2) is 13.6 Å². The summed E-state index contributed by atoms with van der Waals surface area (Å²) in [7, 11) is -3.76. The lowest BCUT2D eigenvalue weighted by Crippen LogP contribution is -2.19. The predicted molar refractivity (Wildman–Crippen MR) is 55.7 cm³/mol. The van der Waals surface area contributed by atoms with Gasteiger partial charge in [-0.15, -0.1) is 10.2 Å². The van der Waals surface area contributed by atoms with E-state index >= 15 is 0 Å². The maximum atomic E-state index is 11.2. The van der Waals surface area contributed by atoms with Crippen molar-refractivity contribution in [1.29, 1.82) is 0 Å². The SMILES string of the molecule is CCCc1nnc(S(N)(=O)=O)n1CCC. The predicted octanol–water partition coefficient (Wildman–Crippen LogP) is 0.288. The van der Waals surface area contributed by atoms with Crippen LogP contribution in [0.25, 0.3) is 0 Å². The molecule has 0 aliphatic heterocycles. The van der Waals surface area contributed by atoms with Crippen LogP contribution in [0, 0.1) is 0 Å². The molecular formula is C8H16N4O2S. The summed E-state index contributed by atoms with van der Waals surface area (Å²) in [5, 5.41) is 12.4. The molecule has 0 aliphatic carbocycles. The number of sulfonamides is 1. The van der Waals surface area contributed by atoms with E-state index in [1.54, 1.807) is 4.57 Å². The van der Waals surface area contributed by atoms with Gasteiger partial charge in [0.2, 0.25) is 0 Å². The third-order valence-electron chi connectivity index (χ3n) is 1.97. The molecule has 0 radical (unpaired) electrons. The molecule has 6 nitrogen and oxygen atoms in total. The smallest absolute Gasteiger partial charge is 0.273 e. The summed E-state index contributed by atoms with van der Waals surface area (Å²) >= 11 is 0. The number of hydrogen-bond donors (Lipinski definition) is 1. The summed E-state index contributed by atoms with van der Waals surface area (Å²) in [6.45, 7) is 4.54. The molecular weight excluding hydrogens is 216 g/mol. The maximum Gasteiger partial charge on any atom is 0.273 e. The van der Waals surface area contributed by atoms with Gasteiger partial charge < -0.3 is 4.57 Å². The molecule has 0 spiro atoms. The molecule has 0 saturated heterocycles. The highest BCUT2D eigenvalue weighted by Gasteiger charge is 2.19. The zero-order chi connectivity index (χ0) is 11.5. The molecule has 0 bridgehead atoms. The van der Waals surface area contributed by atoms with Crippen LogP contribution in [0.15, 0.2) is 5.16 Å². The minimum Gasteiger partial charge on any atom is -0.301 e. The molecule has 2 N–H and O–H groups in total. The van der Waals surface area contributed by atoms with E-state index in [0.717, 1.165) is 12.8 Å². The van der Waals surface area contributed by atoms with Gasteiger partial charge in [0.1, 0.15) is 5.82 Å². The van der Waals surface area contributed by atoms with Gasteiger partial charge in [0.05, 0.1) is 0 Å². The van der Waals surface area contributed by atoms with Crippen molar-refractivity contribution >= 4 is 10.0 Å². The molecule has 1 aromatic heterocycles. The number of aryl methyl sites for hydroxylation is 1. The van der Waals surface area contributed by atoms with Crippen LogP contribution in [0.4, 0.5) is 0 Å². The fraction of sp³-hybridized carbons (Fsp3) is 0.750. The van der Waals surface area contributed by atoms with E-state index in [4.69, 9.17) is 5.14 Å². The summed E-state index contributed by atoms with van der Waals surface area (Å²) in [6, 6.07) is 0. The van der Waals surface area contributed by atoms with Crippen molar-refractivity contribution in [2.24, 2.45) is 5.14 Å². The van der Waals surface area contributed by atoms with Crippen LogP contribution in [0.1, 0.15) is 32.5 Å². The zero-order valence-electron chi connectivity index (χ0n) is 8.97. The van der Waals surface area contributed by atoms with Gasteiger partial charge in [0, 0.05) is 13.0 Å². The first-order valence-corrected chi connectivity index (χ1v) is 6.50. The highest BCUT2D eigenvalue weighted by Crippen LogP contribution is 2.09. The van der Waals surface area contributed by atoms with Crippen LogP contribution in [0.5, 0.6) is 0 Å². The normalized spacial score (nSPS) is 11.9. The highest BCUT2D eigenvalue weighted by molar-refractivity contribution is 7.89. The second-order valence-electron chi connectivity index (χ2n) is 3.35. The van der Waals surface area contributed by atoms with E-state index in [2.05, 4.69) is 10.2 Å². The van der Waals surface area contributed by atoms with Crippen molar-refractivity contribution in [3.05, 3.63) is 5.82 Å². The Bertz CT molecular complexity index is 424. The van der Waals surface area contributed by atoms with E-state index in [1.807, 2.05) is 13.8 Å². The fourth-order valence-electron chi connectivity index (χ4n) is 1.39. The molecule has 1 heterocycles. The monoisotopic (exact) mass is 232 g/mol. The average Bonchev–Trinajstić information content (AvgIpc) is 2.49. The summed E-state index contributed by atoms with van der Waals surface area (Å²) in [4.78, 5) is 0. The Labute approximate surface area is 89.5 Å². The summed E-state index contributed by atoms with van der Waals surface area (Å²) in [5.74, 6) is 0.684. The van der Waals surface area contributed by atoms with Gasteiger partial charge in [0.25, 0.3) is 15.2 Å². The molecule has 0 atom stereocenters. The second-order valence-corrected chi connectivity index (χ2v) is 4.80. The fourth-order valence-corrected chi connectivity index (χ4v) is 2.04. The minimum atomic E-state index is -3.76. The average molecular weight is 232 g/mol. The highest BCUT2D eigenvalue weighted by atomic mass is 32.2. The van der Waals surface area contributed by atoms with Crippen LogP contribution in [-0.4, -0.2) is 23.2 Å².